The van der Waals surface area contributed by atoms with Gasteiger partial charge in [0, 0.05) is 18.7 Å². The van der Waals surface area contributed by atoms with Crippen molar-refractivity contribution in [3.8, 4) is 0 Å². The molecule has 0 amide bonds. The molecule has 0 spiro atoms. The van der Waals surface area contributed by atoms with Crippen LogP contribution in [-0.2, 0) is 26.4 Å². The highest BCUT2D eigenvalue weighted by Gasteiger charge is 2.33. The lowest BCUT2D eigenvalue weighted by molar-refractivity contribution is 0.232. The number of nitrogens with one attached hydrogen (secondary N) is 1. The highest BCUT2D eigenvalue weighted by Crippen LogP contribution is 2.39. The van der Waals surface area contributed by atoms with Crippen molar-refractivity contribution >= 4 is 0 Å². The van der Waals surface area contributed by atoms with Crippen LogP contribution in [0.4, 0.5) is 0 Å². The van der Waals surface area contributed by atoms with E-state index < -0.39 is 0 Å². The zero-order valence-corrected chi connectivity index (χ0v) is 14.5. The number of hydrogen-bond acceptors (Lipinski definition) is 4. The fourth-order valence-corrected chi connectivity index (χ4v) is 4.35. The molecule has 24 heavy (non-hydrogen) atoms. The number of hydrogen-bond donors (Lipinski definition) is 1. The molecule has 3 heterocycles. The first-order valence-electron chi connectivity index (χ1n) is 9.49. The maximum Gasteiger partial charge on any atom is 0.146 e. The Bertz CT molecular complexity index is 717. The van der Waals surface area contributed by atoms with E-state index in [9.17, 15) is 0 Å². The maximum atomic E-state index is 4.95. The van der Waals surface area contributed by atoms with E-state index in [1.807, 2.05) is 0 Å². The lowest BCUT2D eigenvalue weighted by atomic mass is 10.0. The third kappa shape index (κ3) is 2.48. The monoisotopic (exact) mass is 326 g/mol. The SMILES string of the molecule is Cn1c(CN2CCC[C@@H]2c2nc3c([nH]2)CCCC3)nnc1C1CC1. The van der Waals surface area contributed by atoms with Gasteiger partial charge in [0.05, 0.1) is 18.3 Å². The minimum atomic E-state index is 0.414. The minimum absolute atomic E-state index is 0.414. The van der Waals surface area contributed by atoms with Crippen molar-refractivity contribution in [3.63, 3.8) is 0 Å². The van der Waals surface area contributed by atoms with E-state index in [1.165, 1.54) is 68.0 Å². The molecule has 2 aromatic heterocycles. The predicted octanol–water partition coefficient (Wildman–Crippen LogP) is 2.63. The Balaban J connectivity index is 1.36. The van der Waals surface area contributed by atoms with Crippen LogP contribution in [0.5, 0.6) is 0 Å². The van der Waals surface area contributed by atoms with Crippen molar-refractivity contribution in [1.29, 1.82) is 0 Å². The highest BCUT2D eigenvalue weighted by atomic mass is 15.3. The Morgan fingerprint density at radius 3 is 2.79 bits per heavy atom. The average Bonchev–Trinajstić information content (AvgIpc) is 3.03. The average molecular weight is 326 g/mol. The van der Waals surface area contributed by atoms with Gasteiger partial charge in [-0.1, -0.05) is 0 Å². The van der Waals surface area contributed by atoms with Crippen LogP contribution in [0.3, 0.4) is 0 Å². The van der Waals surface area contributed by atoms with Crippen LogP contribution in [0.15, 0.2) is 0 Å². The van der Waals surface area contributed by atoms with Crippen LogP contribution in [-0.4, -0.2) is 36.2 Å². The molecular formula is C18H26N6. The van der Waals surface area contributed by atoms with Gasteiger partial charge in [0.2, 0.25) is 0 Å². The molecule has 5 rings (SSSR count). The summed E-state index contributed by atoms with van der Waals surface area (Å²) in [6, 6.07) is 0.414. The van der Waals surface area contributed by atoms with Crippen molar-refractivity contribution in [2.75, 3.05) is 6.54 Å². The standard InChI is InChI=1S/C18H26N6/c1-23-16(21-22-18(23)12-8-9-12)11-24-10-4-7-15(24)17-19-13-5-2-3-6-14(13)20-17/h12,15H,2-11H2,1H3,(H,19,20)/t15-/m1/s1. The molecule has 1 N–H and O–H groups in total. The summed E-state index contributed by atoms with van der Waals surface area (Å²) in [4.78, 5) is 11.1. The van der Waals surface area contributed by atoms with Crippen LogP contribution in [0, 0.1) is 0 Å². The van der Waals surface area contributed by atoms with Crippen molar-refractivity contribution in [2.24, 2.45) is 7.05 Å². The molecular weight excluding hydrogens is 300 g/mol. The summed E-state index contributed by atoms with van der Waals surface area (Å²) in [6.07, 6.45) is 9.88. The van der Waals surface area contributed by atoms with E-state index in [-0.39, 0.29) is 0 Å². The van der Waals surface area contributed by atoms with Crippen LogP contribution in [0.2, 0.25) is 0 Å². The molecule has 1 saturated carbocycles. The smallest absolute Gasteiger partial charge is 0.146 e. The summed E-state index contributed by atoms with van der Waals surface area (Å²) in [6.45, 7) is 2.01. The number of aromatic nitrogens is 5. The van der Waals surface area contributed by atoms with Gasteiger partial charge in [-0.05, 0) is 57.9 Å². The lowest BCUT2D eigenvalue weighted by Gasteiger charge is -2.22. The second-order valence-corrected chi connectivity index (χ2v) is 7.69. The number of fused-ring (bicyclic) bond motifs is 1. The molecule has 0 aromatic carbocycles. The maximum absolute atomic E-state index is 4.95. The number of H-pyrrole nitrogens is 1. The molecule has 1 aliphatic heterocycles. The molecule has 3 aliphatic rings. The second kappa shape index (κ2) is 5.69. The molecule has 1 saturated heterocycles. The summed E-state index contributed by atoms with van der Waals surface area (Å²) in [5.74, 6) is 4.11. The number of nitrogens with zero attached hydrogens (tertiary/aromatic N) is 5. The summed E-state index contributed by atoms with van der Waals surface area (Å²) >= 11 is 0. The number of likely N-dealkylation sites (tertiary alicyclic amines) is 1. The quantitative estimate of drug-likeness (QED) is 0.938. The minimum Gasteiger partial charge on any atom is -0.344 e. The van der Waals surface area contributed by atoms with Gasteiger partial charge >= 0.3 is 0 Å². The molecule has 6 heteroatoms. The largest absolute Gasteiger partial charge is 0.344 e. The zero-order valence-electron chi connectivity index (χ0n) is 14.5. The predicted molar refractivity (Wildman–Crippen MR) is 90.6 cm³/mol. The van der Waals surface area contributed by atoms with Gasteiger partial charge in [-0.25, -0.2) is 4.98 Å². The topological polar surface area (TPSA) is 62.6 Å². The van der Waals surface area contributed by atoms with Gasteiger partial charge in [0.1, 0.15) is 17.5 Å². The molecule has 0 radical (unpaired) electrons. The van der Waals surface area contributed by atoms with Crippen LogP contribution in [0.1, 0.15) is 79.3 Å². The molecule has 6 nitrogen and oxygen atoms in total. The van der Waals surface area contributed by atoms with Crippen molar-refractivity contribution in [3.05, 3.63) is 28.9 Å². The Morgan fingerprint density at radius 1 is 1.08 bits per heavy atom. The number of aromatic amines is 1. The van der Waals surface area contributed by atoms with Gasteiger partial charge in [-0.15, -0.1) is 10.2 Å². The van der Waals surface area contributed by atoms with Crippen molar-refractivity contribution in [1.82, 2.24) is 29.6 Å². The molecule has 128 valence electrons. The van der Waals surface area contributed by atoms with E-state index in [2.05, 4.69) is 31.7 Å². The van der Waals surface area contributed by atoms with Gasteiger partial charge in [0.15, 0.2) is 0 Å². The Labute approximate surface area is 142 Å². The normalized spacial score (nSPS) is 24.5. The first kappa shape index (κ1) is 14.6. The van der Waals surface area contributed by atoms with Crippen LogP contribution >= 0.6 is 0 Å². The lowest BCUT2D eigenvalue weighted by Crippen LogP contribution is -2.25. The fraction of sp³-hybridized carbons (Fsp3) is 0.722. The summed E-state index contributed by atoms with van der Waals surface area (Å²) in [7, 11) is 2.12. The molecule has 1 atom stereocenters. The highest BCUT2D eigenvalue weighted by molar-refractivity contribution is 5.20. The third-order valence-electron chi connectivity index (χ3n) is 5.94. The Hall–Kier alpha value is -1.69. The zero-order chi connectivity index (χ0) is 16.1. The van der Waals surface area contributed by atoms with E-state index >= 15 is 0 Å². The molecule has 2 aliphatic carbocycles. The van der Waals surface area contributed by atoms with E-state index in [4.69, 9.17) is 4.98 Å². The first-order chi connectivity index (χ1) is 11.8. The Morgan fingerprint density at radius 2 is 1.96 bits per heavy atom. The van der Waals surface area contributed by atoms with E-state index in [0.717, 1.165) is 25.3 Å². The van der Waals surface area contributed by atoms with Crippen molar-refractivity contribution in [2.45, 2.75) is 69.9 Å². The summed E-state index contributed by atoms with van der Waals surface area (Å²) in [5, 5.41) is 8.91. The summed E-state index contributed by atoms with van der Waals surface area (Å²) in [5.41, 5.74) is 2.70. The molecule has 0 bridgehead atoms. The van der Waals surface area contributed by atoms with Crippen molar-refractivity contribution < 1.29 is 0 Å². The van der Waals surface area contributed by atoms with Gasteiger partial charge in [-0.3, -0.25) is 4.90 Å². The van der Waals surface area contributed by atoms with E-state index in [1.54, 1.807) is 0 Å². The van der Waals surface area contributed by atoms with Crippen LogP contribution < -0.4 is 0 Å². The number of aryl methyl sites for hydroxylation is 2. The van der Waals surface area contributed by atoms with Crippen LogP contribution in [0.25, 0.3) is 0 Å². The fourth-order valence-electron chi connectivity index (χ4n) is 4.35. The molecule has 2 aromatic rings. The first-order valence-corrected chi connectivity index (χ1v) is 9.49. The Kier molecular flexibility index (Phi) is 3.47. The number of imidazole rings is 1. The number of rotatable bonds is 4. The van der Waals surface area contributed by atoms with Gasteiger partial charge < -0.3 is 9.55 Å². The molecule has 2 fully saturated rings. The molecule has 0 unspecified atom stereocenters. The van der Waals surface area contributed by atoms with Gasteiger partial charge in [-0.2, -0.15) is 0 Å². The third-order valence-corrected chi connectivity index (χ3v) is 5.94. The second-order valence-electron chi connectivity index (χ2n) is 7.69. The summed E-state index contributed by atoms with van der Waals surface area (Å²) < 4.78 is 2.22. The van der Waals surface area contributed by atoms with E-state index in [0.29, 0.717) is 12.0 Å². The van der Waals surface area contributed by atoms with Gasteiger partial charge in [0.25, 0.3) is 0 Å².